The molecule has 9 heteroatoms. The fourth-order valence-electron chi connectivity index (χ4n) is 2.40. The molecule has 0 aliphatic carbocycles. The van der Waals surface area contributed by atoms with E-state index >= 15 is 0 Å². The van der Waals surface area contributed by atoms with Crippen LogP contribution in [0.3, 0.4) is 0 Å². The van der Waals surface area contributed by atoms with Gasteiger partial charge in [-0.15, -0.1) is 0 Å². The summed E-state index contributed by atoms with van der Waals surface area (Å²) < 4.78 is 33.0. The van der Waals surface area contributed by atoms with E-state index < -0.39 is 10.0 Å². The fourth-order valence-corrected chi connectivity index (χ4v) is 4.28. The van der Waals surface area contributed by atoms with E-state index in [9.17, 15) is 8.42 Å². The van der Waals surface area contributed by atoms with Crippen molar-refractivity contribution in [3.8, 4) is 0 Å². The highest BCUT2D eigenvalue weighted by Crippen LogP contribution is 2.29. The molecule has 0 radical (unpaired) electrons. The molecule has 1 aliphatic rings. The number of nitrogens with zero attached hydrogens (tertiary/aromatic N) is 5. The van der Waals surface area contributed by atoms with Crippen LogP contribution in [0.2, 0.25) is 0 Å². The van der Waals surface area contributed by atoms with Crippen molar-refractivity contribution < 1.29 is 12.9 Å². The van der Waals surface area contributed by atoms with Gasteiger partial charge in [-0.3, -0.25) is 4.68 Å². The SMILES string of the molecule is Cc1noc(C)c1S(=O)(=O)N1CC(Cn2cncn2)C1. The molecule has 0 spiro atoms. The minimum atomic E-state index is -3.50. The molecule has 0 saturated carbocycles. The molecule has 108 valence electrons. The van der Waals surface area contributed by atoms with Crippen LogP contribution in [0.5, 0.6) is 0 Å². The number of aromatic nitrogens is 4. The second-order valence-electron chi connectivity index (χ2n) is 4.96. The van der Waals surface area contributed by atoms with Crippen molar-refractivity contribution in [3.63, 3.8) is 0 Å². The minimum absolute atomic E-state index is 0.191. The van der Waals surface area contributed by atoms with E-state index in [-0.39, 0.29) is 10.8 Å². The van der Waals surface area contributed by atoms with Gasteiger partial charge in [-0.2, -0.15) is 9.40 Å². The van der Waals surface area contributed by atoms with E-state index in [1.807, 2.05) is 0 Å². The Morgan fingerprint density at radius 3 is 2.70 bits per heavy atom. The summed E-state index contributed by atoms with van der Waals surface area (Å²) in [6, 6.07) is 0. The van der Waals surface area contributed by atoms with E-state index in [1.54, 1.807) is 24.9 Å². The zero-order valence-corrected chi connectivity index (χ0v) is 12.0. The predicted molar refractivity (Wildman–Crippen MR) is 68.2 cm³/mol. The molecule has 0 N–H and O–H groups in total. The van der Waals surface area contributed by atoms with Crippen molar-refractivity contribution in [1.82, 2.24) is 24.2 Å². The van der Waals surface area contributed by atoms with E-state index in [1.165, 1.54) is 10.6 Å². The molecule has 3 heterocycles. The van der Waals surface area contributed by atoms with Gasteiger partial charge in [-0.05, 0) is 13.8 Å². The maximum atomic E-state index is 12.5. The van der Waals surface area contributed by atoms with Crippen LogP contribution in [0.1, 0.15) is 11.5 Å². The second-order valence-corrected chi connectivity index (χ2v) is 6.83. The molecule has 1 saturated heterocycles. The van der Waals surface area contributed by atoms with Gasteiger partial charge < -0.3 is 4.52 Å². The minimum Gasteiger partial charge on any atom is -0.360 e. The Balaban J connectivity index is 1.70. The largest absolute Gasteiger partial charge is 0.360 e. The Morgan fingerprint density at radius 1 is 1.40 bits per heavy atom. The Kier molecular flexibility index (Phi) is 3.09. The third kappa shape index (κ3) is 2.12. The molecule has 20 heavy (non-hydrogen) atoms. The van der Waals surface area contributed by atoms with E-state index in [4.69, 9.17) is 4.52 Å². The first-order valence-corrected chi connectivity index (χ1v) is 7.68. The first kappa shape index (κ1) is 13.3. The summed E-state index contributed by atoms with van der Waals surface area (Å²) in [7, 11) is -3.50. The van der Waals surface area contributed by atoms with Gasteiger partial charge >= 0.3 is 0 Å². The lowest BCUT2D eigenvalue weighted by atomic mass is 10.0. The van der Waals surface area contributed by atoms with Crippen molar-refractivity contribution in [3.05, 3.63) is 24.1 Å². The fraction of sp³-hybridized carbons (Fsp3) is 0.545. The maximum Gasteiger partial charge on any atom is 0.248 e. The van der Waals surface area contributed by atoms with Crippen LogP contribution < -0.4 is 0 Å². The van der Waals surface area contributed by atoms with Gasteiger partial charge in [-0.25, -0.2) is 13.4 Å². The van der Waals surface area contributed by atoms with Crippen molar-refractivity contribution in [2.24, 2.45) is 5.92 Å². The Bertz CT molecular complexity index is 681. The molecule has 0 atom stereocenters. The smallest absolute Gasteiger partial charge is 0.248 e. The van der Waals surface area contributed by atoms with Crippen LogP contribution in [0, 0.1) is 19.8 Å². The lowest BCUT2D eigenvalue weighted by molar-refractivity contribution is 0.174. The molecule has 2 aromatic rings. The zero-order chi connectivity index (χ0) is 14.3. The van der Waals surface area contributed by atoms with E-state index in [2.05, 4.69) is 15.2 Å². The standard InChI is InChI=1S/C11H15N5O3S/c1-8-11(9(2)19-14-8)20(17,18)16-4-10(5-16)3-15-7-12-6-13-15/h6-7,10H,3-5H2,1-2H3. The maximum absolute atomic E-state index is 12.5. The molecular formula is C11H15N5O3S. The monoisotopic (exact) mass is 297 g/mol. The van der Waals surface area contributed by atoms with Gasteiger partial charge in [0, 0.05) is 25.6 Å². The molecule has 3 rings (SSSR count). The van der Waals surface area contributed by atoms with Gasteiger partial charge in [0.05, 0.1) is 0 Å². The summed E-state index contributed by atoms with van der Waals surface area (Å²) in [6.07, 6.45) is 3.10. The number of aryl methyl sites for hydroxylation is 2. The highest BCUT2D eigenvalue weighted by molar-refractivity contribution is 7.89. The first-order valence-electron chi connectivity index (χ1n) is 6.24. The van der Waals surface area contributed by atoms with Gasteiger partial charge in [-0.1, -0.05) is 5.16 Å². The summed E-state index contributed by atoms with van der Waals surface area (Å²) in [5.41, 5.74) is 0.405. The lowest BCUT2D eigenvalue weighted by Crippen LogP contribution is -2.51. The van der Waals surface area contributed by atoms with Crippen molar-refractivity contribution in [1.29, 1.82) is 0 Å². The molecule has 0 aromatic carbocycles. The zero-order valence-electron chi connectivity index (χ0n) is 11.2. The highest BCUT2D eigenvalue weighted by Gasteiger charge is 2.39. The van der Waals surface area contributed by atoms with Crippen LogP contribution in [0.15, 0.2) is 22.1 Å². The lowest BCUT2D eigenvalue weighted by Gasteiger charge is -2.37. The second kappa shape index (κ2) is 4.67. The summed E-state index contributed by atoms with van der Waals surface area (Å²) in [5.74, 6) is 0.592. The molecule has 1 aliphatic heterocycles. The number of sulfonamides is 1. The first-order chi connectivity index (χ1) is 9.48. The van der Waals surface area contributed by atoms with Crippen LogP contribution in [0.4, 0.5) is 0 Å². The summed E-state index contributed by atoms with van der Waals surface area (Å²) in [6.45, 7) is 4.88. The topological polar surface area (TPSA) is 94.1 Å². The normalized spacial score (nSPS) is 17.3. The average molecular weight is 297 g/mol. The Labute approximate surface area is 116 Å². The molecule has 8 nitrogen and oxygen atoms in total. The van der Waals surface area contributed by atoms with Crippen molar-refractivity contribution in [2.75, 3.05) is 13.1 Å². The summed E-state index contributed by atoms with van der Waals surface area (Å²) in [4.78, 5) is 4.06. The number of hydrogen-bond acceptors (Lipinski definition) is 6. The summed E-state index contributed by atoms with van der Waals surface area (Å²) >= 11 is 0. The Hall–Kier alpha value is -1.74. The van der Waals surface area contributed by atoms with Gasteiger partial charge in [0.15, 0.2) is 5.76 Å². The summed E-state index contributed by atoms with van der Waals surface area (Å²) in [5, 5.41) is 7.72. The molecule has 0 bridgehead atoms. The van der Waals surface area contributed by atoms with Gasteiger partial charge in [0.25, 0.3) is 0 Å². The van der Waals surface area contributed by atoms with Crippen molar-refractivity contribution >= 4 is 10.0 Å². The number of rotatable bonds is 4. The molecule has 1 fully saturated rings. The number of hydrogen-bond donors (Lipinski definition) is 0. The quantitative estimate of drug-likeness (QED) is 0.800. The van der Waals surface area contributed by atoms with Crippen LogP contribution in [-0.4, -0.2) is 45.7 Å². The van der Waals surface area contributed by atoms with E-state index in [0.717, 1.165) is 0 Å². The predicted octanol–water partition coefficient (Wildman–Crippen LogP) is 0.204. The van der Waals surface area contributed by atoms with Crippen LogP contribution in [0.25, 0.3) is 0 Å². The van der Waals surface area contributed by atoms with Crippen LogP contribution >= 0.6 is 0 Å². The molecular weight excluding hydrogens is 282 g/mol. The van der Waals surface area contributed by atoms with Gasteiger partial charge in [0.1, 0.15) is 23.2 Å². The molecule has 0 unspecified atom stereocenters. The van der Waals surface area contributed by atoms with Gasteiger partial charge in [0.2, 0.25) is 10.0 Å². The third-order valence-corrected chi connectivity index (χ3v) is 5.48. The average Bonchev–Trinajstić information content (AvgIpc) is 2.93. The van der Waals surface area contributed by atoms with Crippen molar-refractivity contribution in [2.45, 2.75) is 25.3 Å². The van der Waals surface area contributed by atoms with Crippen LogP contribution in [-0.2, 0) is 16.6 Å². The highest BCUT2D eigenvalue weighted by atomic mass is 32.2. The molecule has 0 amide bonds. The third-order valence-electron chi connectivity index (χ3n) is 3.40. The molecule has 2 aromatic heterocycles. The Morgan fingerprint density at radius 2 is 2.15 bits per heavy atom. The van der Waals surface area contributed by atoms with E-state index in [0.29, 0.717) is 31.1 Å².